The summed E-state index contributed by atoms with van der Waals surface area (Å²) >= 11 is 1.66. The molecule has 0 spiro atoms. The Morgan fingerprint density at radius 2 is 2.24 bits per heavy atom. The molecule has 2 rings (SSSR count). The number of nitrogens with one attached hydrogen (secondary N) is 2. The fraction of sp³-hybridized carbons (Fsp3) is 0.700. The molecule has 0 aromatic carbocycles. The van der Waals surface area contributed by atoms with Gasteiger partial charge in [-0.25, -0.2) is 0 Å². The van der Waals surface area contributed by atoms with Crippen LogP contribution in [0.25, 0.3) is 0 Å². The lowest BCUT2D eigenvalue weighted by molar-refractivity contribution is 0.699. The molecular weight excluding hydrogens is 349 g/mol. The summed E-state index contributed by atoms with van der Waals surface area (Å²) in [6, 6.07) is 0. The van der Waals surface area contributed by atoms with Crippen molar-refractivity contribution in [3.05, 3.63) is 10.0 Å². The van der Waals surface area contributed by atoms with Gasteiger partial charge in [-0.3, -0.25) is 4.99 Å². The van der Waals surface area contributed by atoms with Crippen LogP contribution >= 0.6 is 35.3 Å². The number of hydrogen-bond acceptors (Lipinski definition) is 6. The van der Waals surface area contributed by atoms with Crippen LogP contribution in [-0.2, 0) is 6.54 Å². The fourth-order valence-corrected chi connectivity index (χ4v) is 2.17. The Morgan fingerprint density at radius 3 is 2.82 bits per heavy atom. The second-order valence-corrected chi connectivity index (χ2v) is 5.15. The average Bonchev–Trinajstić information content (AvgIpc) is 2.76. The Morgan fingerprint density at radius 1 is 1.41 bits per heavy atom. The largest absolute Gasteiger partial charge is 0.356 e. The Balaban J connectivity index is 0.00000144. The Bertz CT molecular complexity index is 377. The minimum Gasteiger partial charge on any atom is -0.356 e. The summed E-state index contributed by atoms with van der Waals surface area (Å²) in [5.41, 5.74) is 0. The van der Waals surface area contributed by atoms with Gasteiger partial charge in [-0.15, -0.1) is 34.2 Å². The van der Waals surface area contributed by atoms with Gasteiger partial charge in [-0.1, -0.05) is 25.2 Å². The van der Waals surface area contributed by atoms with Crippen molar-refractivity contribution in [2.75, 3.05) is 13.1 Å². The van der Waals surface area contributed by atoms with Crippen LogP contribution in [0.4, 0.5) is 0 Å². The van der Waals surface area contributed by atoms with Crippen molar-refractivity contribution >= 4 is 41.3 Å². The van der Waals surface area contributed by atoms with E-state index in [0.717, 1.165) is 35.5 Å². The van der Waals surface area contributed by atoms with E-state index >= 15 is 0 Å². The van der Waals surface area contributed by atoms with Crippen molar-refractivity contribution in [2.45, 2.75) is 32.7 Å². The molecule has 2 heterocycles. The predicted octanol–water partition coefficient (Wildman–Crippen LogP) is 1.72. The maximum absolute atomic E-state index is 4.34. The zero-order valence-corrected chi connectivity index (χ0v) is 13.2. The zero-order valence-electron chi connectivity index (χ0n) is 10.1. The third kappa shape index (κ3) is 4.38. The molecule has 0 saturated heterocycles. The van der Waals surface area contributed by atoms with Crippen molar-refractivity contribution in [3.63, 3.8) is 0 Å². The van der Waals surface area contributed by atoms with Crippen molar-refractivity contribution < 1.29 is 0 Å². The summed E-state index contributed by atoms with van der Waals surface area (Å²) < 4.78 is 0. The fourth-order valence-electron chi connectivity index (χ4n) is 1.38. The quantitative estimate of drug-likeness (QED) is 0.799. The molecule has 1 aliphatic rings. The molecule has 17 heavy (non-hydrogen) atoms. The molecule has 0 unspecified atom stereocenters. The first-order chi connectivity index (χ1) is 7.75. The summed E-state index contributed by atoms with van der Waals surface area (Å²) in [5.74, 6) is 1.34. The number of hydrogen-bond donors (Lipinski definition) is 2. The molecule has 2 N–H and O–H groups in total. The maximum atomic E-state index is 4.34. The highest BCUT2D eigenvalue weighted by molar-refractivity contribution is 14.0. The van der Waals surface area contributed by atoms with Crippen LogP contribution in [-0.4, -0.2) is 29.2 Å². The predicted molar refractivity (Wildman–Crippen MR) is 81.2 cm³/mol. The second-order valence-electron chi connectivity index (χ2n) is 4.05. The molecule has 0 saturated carbocycles. The van der Waals surface area contributed by atoms with Crippen LogP contribution in [0, 0.1) is 0 Å². The molecule has 1 aromatic heterocycles. The maximum Gasteiger partial charge on any atom is 0.191 e. The number of guanidine groups is 1. The van der Waals surface area contributed by atoms with Gasteiger partial charge in [0.1, 0.15) is 10.0 Å². The third-order valence-electron chi connectivity index (χ3n) is 2.28. The van der Waals surface area contributed by atoms with Gasteiger partial charge in [0.05, 0.1) is 6.54 Å². The van der Waals surface area contributed by atoms with E-state index in [1.807, 2.05) is 0 Å². The molecule has 1 aromatic rings. The van der Waals surface area contributed by atoms with Crippen LogP contribution in [0.2, 0.25) is 0 Å². The molecular formula is C10H18IN5S. The highest BCUT2D eigenvalue weighted by atomic mass is 127. The van der Waals surface area contributed by atoms with E-state index in [1.54, 1.807) is 11.3 Å². The summed E-state index contributed by atoms with van der Waals surface area (Å²) in [5, 5.41) is 16.8. The number of aromatic nitrogens is 2. The highest BCUT2D eigenvalue weighted by Crippen LogP contribution is 2.18. The molecule has 0 aliphatic carbocycles. The highest BCUT2D eigenvalue weighted by Gasteiger charge is 2.08. The topological polar surface area (TPSA) is 62.2 Å². The monoisotopic (exact) mass is 367 g/mol. The zero-order chi connectivity index (χ0) is 11.4. The Hall–Kier alpha value is -0.440. The molecule has 96 valence electrons. The van der Waals surface area contributed by atoms with Gasteiger partial charge in [0.25, 0.3) is 0 Å². The minimum atomic E-state index is 0. The number of rotatable bonds is 3. The first kappa shape index (κ1) is 14.6. The lowest BCUT2D eigenvalue weighted by atomic mass is 10.2. The van der Waals surface area contributed by atoms with Gasteiger partial charge < -0.3 is 10.6 Å². The lowest BCUT2D eigenvalue weighted by Gasteiger charge is -2.14. The normalized spacial score (nSPS) is 14.9. The van der Waals surface area contributed by atoms with Crippen molar-refractivity contribution in [1.29, 1.82) is 0 Å². The van der Waals surface area contributed by atoms with Gasteiger partial charge in [0, 0.05) is 19.0 Å². The molecule has 1 aliphatic heterocycles. The lowest BCUT2D eigenvalue weighted by Crippen LogP contribution is -2.40. The number of nitrogens with zero attached hydrogens (tertiary/aromatic N) is 3. The first-order valence-electron chi connectivity index (χ1n) is 5.60. The van der Waals surface area contributed by atoms with E-state index in [0.29, 0.717) is 12.5 Å². The standard InChI is InChI=1S/C10H17N5S.HI/c1-7(2)9-15-14-8(16-9)6-13-10-11-4-3-5-12-10;/h7H,3-6H2,1-2H3,(H2,11,12,13);1H. The van der Waals surface area contributed by atoms with E-state index in [4.69, 9.17) is 0 Å². The van der Waals surface area contributed by atoms with E-state index in [1.165, 1.54) is 0 Å². The SMILES string of the molecule is CC(C)c1nnc(CNC2=NCCCN2)s1.I. The Kier molecular flexibility index (Phi) is 6.10. The smallest absolute Gasteiger partial charge is 0.191 e. The Labute approximate surface area is 123 Å². The van der Waals surface area contributed by atoms with Crippen LogP contribution < -0.4 is 10.6 Å². The molecule has 5 nitrogen and oxygen atoms in total. The van der Waals surface area contributed by atoms with Gasteiger partial charge >= 0.3 is 0 Å². The van der Waals surface area contributed by atoms with E-state index in [-0.39, 0.29) is 24.0 Å². The van der Waals surface area contributed by atoms with Crippen LogP contribution in [0.3, 0.4) is 0 Å². The summed E-state index contributed by atoms with van der Waals surface area (Å²) in [6.45, 7) is 6.87. The summed E-state index contributed by atoms with van der Waals surface area (Å²) in [6.07, 6.45) is 1.11. The molecule has 7 heteroatoms. The van der Waals surface area contributed by atoms with E-state index in [2.05, 4.69) is 39.7 Å². The van der Waals surface area contributed by atoms with Crippen LogP contribution in [0.5, 0.6) is 0 Å². The minimum absolute atomic E-state index is 0. The average molecular weight is 367 g/mol. The van der Waals surface area contributed by atoms with Crippen LogP contribution in [0.1, 0.15) is 36.2 Å². The first-order valence-corrected chi connectivity index (χ1v) is 6.42. The van der Waals surface area contributed by atoms with Crippen molar-refractivity contribution in [2.24, 2.45) is 4.99 Å². The molecule has 0 bridgehead atoms. The van der Waals surface area contributed by atoms with Gasteiger partial charge in [0.2, 0.25) is 0 Å². The second kappa shape index (κ2) is 7.10. The van der Waals surface area contributed by atoms with Crippen molar-refractivity contribution in [3.8, 4) is 0 Å². The summed E-state index contributed by atoms with van der Waals surface area (Å²) in [7, 11) is 0. The van der Waals surface area contributed by atoms with Gasteiger partial charge in [-0.05, 0) is 6.42 Å². The van der Waals surface area contributed by atoms with E-state index < -0.39 is 0 Å². The summed E-state index contributed by atoms with van der Waals surface area (Å²) in [4.78, 5) is 4.34. The molecule has 0 radical (unpaired) electrons. The van der Waals surface area contributed by atoms with E-state index in [9.17, 15) is 0 Å². The van der Waals surface area contributed by atoms with Gasteiger partial charge in [-0.2, -0.15) is 0 Å². The molecule has 0 amide bonds. The number of aliphatic imine (C=N–C) groups is 1. The van der Waals surface area contributed by atoms with Crippen molar-refractivity contribution in [1.82, 2.24) is 20.8 Å². The molecule has 0 atom stereocenters. The van der Waals surface area contributed by atoms with Crippen LogP contribution in [0.15, 0.2) is 4.99 Å². The molecule has 0 fully saturated rings. The number of halogens is 1. The third-order valence-corrected chi connectivity index (χ3v) is 3.50. The van der Waals surface area contributed by atoms with Gasteiger partial charge in [0.15, 0.2) is 5.96 Å².